The van der Waals surface area contributed by atoms with Gasteiger partial charge in [0.15, 0.2) is 0 Å². The number of likely N-dealkylation sites (N-methyl/N-ethyl adjacent to an activating group) is 1. The number of ether oxygens (including phenoxy) is 2. The molecule has 27 heavy (non-hydrogen) atoms. The predicted octanol–water partition coefficient (Wildman–Crippen LogP) is 3.08. The van der Waals surface area contributed by atoms with E-state index in [0.717, 1.165) is 12.8 Å². The van der Waals surface area contributed by atoms with Crippen molar-refractivity contribution in [3.63, 3.8) is 0 Å². The summed E-state index contributed by atoms with van der Waals surface area (Å²) in [6, 6.07) is 4.76. The van der Waals surface area contributed by atoms with Gasteiger partial charge in [0.2, 0.25) is 0 Å². The van der Waals surface area contributed by atoms with Gasteiger partial charge >= 0.3 is 6.03 Å². The zero-order valence-corrected chi connectivity index (χ0v) is 16.4. The van der Waals surface area contributed by atoms with Crippen LogP contribution >= 0.6 is 11.6 Å². The Kier molecular flexibility index (Phi) is 5.43. The zero-order chi connectivity index (χ0) is 19.8. The third kappa shape index (κ3) is 2.89. The number of carbonyl (C=O) groups excluding carboxylic acids is 2. The lowest BCUT2D eigenvalue weighted by Crippen LogP contribution is -2.52. The van der Waals surface area contributed by atoms with E-state index >= 15 is 0 Å². The number of carbonyl (C=O) groups is 2. The lowest BCUT2D eigenvalue weighted by Gasteiger charge is -2.34. The van der Waals surface area contributed by atoms with E-state index in [-0.39, 0.29) is 29.7 Å². The summed E-state index contributed by atoms with van der Waals surface area (Å²) in [4.78, 5) is 29.2. The molecule has 1 aliphatic heterocycles. The number of benzene rings is 1. The standard InChI is InChI=1S/C19H22ClN3O4/c1-12-15(7-6-13(9-21)16(12)20)23-17(24)19(22(2)18(23)25)8-4-5-14(19)10-27-11-26-3/h6-7,14H,4-5,8,10-11H2,1-3H3/t14-,19-/m0/s1. The Balaban J connectivity index is 1.99. The van der Waals surface area contributed by atoms with Crippen LogP contribution in [0.25, 0.3) is 0 Å². The molecule has 7 nitrogen and oxygen atoms in total. The summed E-state index contributed by atoms with van der Waals surface area (Å²) in [5.74, 6) is -0.365. The molecule has 1 spiro atoms. The minimum Gasteiger partial charge on any atom is -0.359 e. The number of rotatable bonds is 5. The van der Waals surface area contributed by atoms with Crippen molar-refractivity contribution < 1.29 is 19.1 Å². The van der Waals surface area contributed by atoms with E-state index in [2.05, 4.69) is 0 Å². The molecule has 3 rings (SSSR count). The van der Waals surface area contributed by atoms with E-state index in [1.807, 2.05) is 6.07 Å². The molecule has 1 aliphatic carbocycles. The number of nitriles is 1. The van der Waals surface area contributed by atoms with Crippen LogP contribution in [-0.2, 0) is 14.3 Å². The maximum absolute atomic E-state index is 13.5. The van der Waals surface area contributed by atoms with Gasteiger partial charge in [-0.15, -0.1) is 0 Å². The molecular formula is C19H22ClN3O4. The lowest BCUT2D eigenvalue weighted by atomic mass is 9.86. The molecule has 1 saturated carbocycles. The van der Waals surface area contributed by atoms with Crippen LogP contribution in [0.15, 0.2) is 12.1 Å². The molecule has 2 aliphatic rings. The van der Waals surface area contributed by atoms with Crippen molar-refractivity contribution in [3.05, 3.63) is 28.3 Å². The summed E-state index contributed by atoms with van der Waals surface area (Å²) in [6.45, 7) is 2.20. The van der Waals surface area contributed by atoms with Crippen LogP contribution in [0, 0.1) is 24.2 Å². The Bertz CT molecular complexity index is 822. The van der Waals surface area contributed by atoms with Crippen molar-refractivity contribution in [2.24, 2.45) is 5.92 Å². The van der Waals surface area contributed by atoms with E-state index in [4.69, 9.17) is 26.3 Å². The summed E-state index contributed by atoms with van der Waals surface area (Å²) in [5, 5.41) is 9.39. The molecule has 1 aromatic carbocycles. The third-order valence-corrected chi connectivity index (χ3v) is 6.16. The Morgan fingerprint density at radius 3 is 2.81 bits per heavy atom. The maximum Gasteiger partial charge on any atom is 0.332 e. The molecular weight excluding hydrogens is 370 g/mol. The Morgan fingerprint density at radius 2 is 2.15 bits per heavy atom. The van der Waals surface area contributed by atoms with Gasteiger partial charge in [0.05, 0.1) is 22.9 Å². The van der Waals surface area contributed by atoms with Gasteiger partial charge in [-0.05, 0) is 37.5 Å². The summed E-state index contributed by atoms with van der Waals surface area (Å²) < 4.78 is 10.4. The van der Waals surface area contributed by atoms with Crippen molar-refractivity contribution in [3.8, 4) is 6.07 Å². The van der Waals surface area contributed by atoms with Crippen LogP contribution in [0.3, 0.4) is 0 Å². The zero-order valence-electron chi connectivity index (χ0n) is 15.6. The van der Waals surface area contributed by atoms with Crippen molar-refractivity contribution in [2.75, 3.05) is 32.5 Å². The van der Waals surface area contributed by atoms with Gasteiger partial charge in [-0.25, -0.2) is 9.69 Å². The number of urea groups is 1. The van der Waals surface area contributed by atoms with Gasteiger partial charge in [0.1, 0.15) is 18.4 Å². The van der Waals surface area contributed by atoms with Crippen molar-refractivity contribution in [1.29, 1.82) is 5.26 Å². The first-order chi connectivity index (χ1) is 12.9. The molecule has 8 heteroatoms. The van der Waals surface area contributed by atoms with Crippen LogP contribution in [-0.4, -0.2) is 49.9 Å². The smallest absolute Gasteiger partial charge is 0.332 e. The fraction of sp³-hybridized carbons (Fsp3) is 0.526. The van der Waals surface area contributed by atoms with Crippen molar-refractivity contribution in [1.82, 2.24) is 4.90 Å². The summed E-state index contributed by atoms with van der Waals surface area (Å²) in [6.07, 6.45) is 2.23. The molecule has 144 valence electrons. The first-order valence-corrected chi connectivity index (χ1v) is 9.16. The van der Waals surface area contributed by atoms with Gasteiger partial charge in [0.25, 0.3) is 5.91 Å². The second kappa shape index (κ2) is 7.47. The van der Waals surface area contributed by atoms with Crippen LogP contribution in [0.1, 0.15) is 30.4 Å². The highest BCUT2D eigenvalue weighted by Gasteiger charge is 2.62. The van der Waals surface area contributed by atoms with Crippen LogP contribution in [0.4, 0.5) is 10.5 Å². The molecule has 0 aromatic heterocycles. The van der Waals surface area contributed by atoms with E-state index in [0.29, 0.717) is 29.8 Å². The quantitative estimate of drug-likeness (QED) is 0.437. The molecule has 1 aromatic rings. The first kappa shape index (κ1) is 19.6. The SMILES string of the molecule is COCOC[C@@H]1CCC[C@@]12C(=O)N(c1ccc(C#N)c(Cl)c1C)C(=O)N2C. The van der Waals surface area contributed by atoms with Crippen molar-refractivity contribution >= 4 is 29.2 Å². The summed E-state index contributed by atoms with van der Waals surface area (Å²) in [5.41, 5.74) is 0.346. The Labute approximate surface area is 163 Å². The Hall–Kier alpha value is -2.14. The topological polar surface area (TPSA) is 82.9 Å². The number of amides is 3. The monoisotopic (exact) mass is 391 g/mol. The average molecular weight is 392 g/mol. The molecule has 3 amide bonds. The highest BCUT2D eigenvalue weighted by molar-refractivity contribution is 6.33. The van der Waals surface area contributed by atoms with Gasteiger partial charge in [0, 0.05) is 20.1 Å². The molecule has 0 radical (unpaired) electrons. The van der Waals surface area contributed by atoms with E-state index < -0.39 is 5.54 Å². The number of hydrogen-bond donors (Lipinski definition) is 0. The van der Waals surface area contributed by atoms with E-state index in [9.17, 15) is 9.59 Å². The van der Waals surface area contributed by atoms with Crippen LogP contribution in [0.2, 0.25) is 5.02 Å². The van der Waals surface area contributed by atoms with E-state index in [1.54, 1.807) is 27.1 Å². The van der Waals surface area contributed by atoms with E-state index in [1.165, 1.54) is 15.9 Å². The van der Waals surface area contributed by atoms with Gasteiger partial charge in [-0.2, -0.15) is 5.26 Å². The predicted molar refractivity (Wildman–Crippen MR) is 99.4 cm³/mol. The fourth-order valence-corrected chi connectivity index (χ4v) is 4.44. The molecule has 1 saturated heterocycles. The minimum absolute atomic E-state index is 0.103. The number of hydrogen-bond acceptors (Lipinski definition) is 5. The summed E-state index contributed by atoms with van der Waals surface area (Å²) in [7, 11) is 3.20. The largest absolute Gasteiger partial charge is 0.359 e. The molecule has 2 atom stereocenters. The molecule has 0 N–H and O–H groups in total. The number of methoxy groups -OCH3 is 1. The third-order valence-electron chi connectivity index (χ3n) is 5.68. The number of nitrogens with zero attached hydrogens (tertiary/aromatic N) is 3. The lowest BCUT2D eigenvalue weighted by molar-refractivity contribution is -0.129. The molecule has 2 fully saturated rings. The van der Waals surface area contributed by atoms with Gasteiger partial charge in [-0.3, -0.25) is 4.79 Å². The second-order valence-corrected chi connectivity index (χ2v) is 7.33. The molecule has 1 heterocycles. The normalized spacial score (nSPS) is 24.9. The summed E-state index contributed by atoms with van der Waals surface area (Å²) >= 11 is 6.25. The molecule has 0 unspecified atom stereocenters. The Morgan fingerprint density at radius 1 is 1.41 bits per heavy atom. The van der Waals surface area contributed by atoms with Gasteiger partial charge in [-0.1, -0.05) is 18.0 Å². The van der Waals surface area contributed by atoms with Crippen molar-refractivity contribution in [2.45, 2.75) is 31.7 Å². The minimum atomic E-state index is -0.919. The highest BCUT2D eigenvalue weighted by atomic mass is 35.5. The number of halogens is 1. The fourth-order valence-electron chi connectivity index (χ4n) is 4.24. The average Bonchev–Trinajstić information content (AvgIpc) is 3.16. The highest BCUT2D eigenvalue weighted by Crippen LogP contribution is 2.47. The maximum atomic E-state index is 13.5. The first-order valence-electron chi connectivity index (χ1n) is 8.78. The van der Waals surface area contributed by atoms with Crippen LogP contribution < -0.4 is 4.90 Å². The molecule has 0 bridgehead atoms. The second-order valence-electron chi connectivity index (χ2n) is 6.96. The van der Waals surface area contributed by atoms with Gasteiger partial charge < -0.3 is 14.4 Å². The number of imide groups is 1. The van der Waals surface area contributed by atoms with Crippen LogP contribution in [0.5, 0.6) is 0 Å². The number of anilines is 1.